The standard InChI is InChI=1S/C12H11F6NO2S/c13-10(14)12(17,18)11(15,16)9(19)7-22(20,21)6-8-4-2-1-3-5-8/h1-5,7,10H,6,19H2/b9-7-. The van der Waals surface area contributed by atoms with E-state index in [2.05, 4.69) is 5.73 Å². The van der Waals surface area contributed by atoms with E-state index in [0.29, 0.717) is 0 Å². The molecule has 10 heteroatoms. The van der Waals surface area contributed by atoms with Crippen LogP contribution in [-0.2, 0) is 15.6 Å². The van der Waals surface area contributed by atoms with E-state index in [0.717, 1.165) is 0 Å². The van der Waals surface area contributed by atoms with Gasteiger partial charge in [-0.3, -0.25) is 0 Å². The average Bonchev–Trinajstić information content (AvgIpc) is 2.38. The third kappa shape index (κ3) is 3.93. The van der Waals surface area contributed by atoms with Gasteiger partial charge in [-0.15, -0.1) is 0 Å². The molecule has 0 amide bonds. The van der Waals surface area contributed by atoms with Gasteiger partial charge in [0.2, 0.25) is 0 Å². The first kappa shape index (κ1) is 18.3. The monoisotopic (exact) mass is 347 g/mol. The molecule has 0 atom stereocenters. The summed E-state index contributed by atoms with van der Waals surface area (Å²) >= 11 is 0. The van der Waals surface area contributed by atoms with Crippen molar-refractivity contribution in [3.8, 4) is 0 Å². The number of hydrogen-bond acceptors (Lipinski definition) is 3. The Morgan fingerprint density at radius 1 is 1.14 bits per heavy atom. The molecular weight excluding hydrogens is 336 g/mol. The zero-order chi connectivity index (χ0) is 17.2. The molecule has 0 aromatic heterocycles. The molecule has 1 aromatic rings. The molecule has 0 saturated carbocycles. The van der Waals surface area contributed by atoms with Crippen LogP contribution in [0.5, 0.6) is 0 Å². The molecule has 0 aliphatic rings. The van der Waals surface area contributed by atoms with Crippen molar-refractivity contribution in [3.05, 3.63) is 47.0 Å². The molecule has 0 bridgehead atoms. The second kappa shape index (κ2) is 6.19. The van der Waals surface area contributed by atoms with Crippen LogP contribution < -0.4 is 5.73 Å². The maximum Gasteiger partial charge on any atom is 0.375 e. The van der Waals surface area contributed by atoms with Crippen molar-refractivity contribution in [3.63, 3.8) is 0 Å². The third-order valence-electron chi connectivity index (χ3n) is 2.57. The maximum absolute atomic E-state index is 13.2. The van der Waals surface area contributed by atoms with Crippen LogP contribution in [0.4, 0.5) is 26.3 Å². The fourth-order valence-electron chi connectivity index (χ4n) is 1.45. The van der Waals surface area contributed by atoms with Crippen LogP contribution in [0.1, 0.15) is 5.56 Å². The summed E-state index contributed by atoms with van der Waals surface area (Å²) in [5.41, 5.74) is 2.68. The minimum atomic E-state index is -5.78. The van der Waals surface area contributed by atoms with E-state index in [9.17, 15) is 34.8 Å². The number of sulfone groups is 1. The molecule has 124 valence electrons. The van der Waals surface area contributed by atoms with Crippen LogP contribution in [0.3, 0.4) is 0 Å². The van der Waals surface area contributed by atoms with Crippen LogP contribution in [0.15, 0.2) is 41.4 Å². The van der Waals surface area contributed by atoms with Crippen molar-refractivity contribution in [1.82, 2.24) is 0 Å². The zero-order valence-electron chi connectivity index (χ0n) is 10.8. The maximum atomic E-state index is 13.2. The molecule has 0 unspecified atom stereocenters. The Morgan fingerprint density at radius 3 is 2.09 bits per heavy atom. The summed E-state index contributed by atoms with van der Waals surface area (Å²) in [6.45, 7) is 0. The van der Waals surface area contributed by atoms with Crippen molar-refractivity contribution in [1.29, 1.82) is 0 Å². The van der Waals surface area contributed by atoms with E-state index in [1.807, 2.05) is 0 Å². The summed E-state index contributed by atoms with van der Waals surface area (Å²) in [7, 11) is -4.45. The van der Waals surface area contributed by atoms with Gasteiger partial charge in [0.25, 0.3) is 0 Å². The number of nitrogens with two attached hydrogens (primary N) is 1. The quantitative estimate of drug-likeness (QED) is 0.805. The highest BCUT2D eigenvalue weighted by atomic mass is 32.2. The first-order valence-electron chi connectivity index (χ1n) is 5.68. The van der Waals surface area contributed by atoms with Gasteiger partial charge in [-0.05, 0) is 5.56 Å². The van der Waals surface area contributed by atoms with E-state index < -0.39 is 39.6 Å². The topological polar surface area (TPSA) is 60.2 Å². The van der Waals surface area contributed by atoms with E-state index in [-0.39, 0.29) is 11.0 Å². The fraction of sp³-hybridized carbons (Fsp3) is 0.333. The van der Waals surface area contributed by atoms with Gasteiger partial charge in [0.1, 0.15) is 0 Å². The van der Waals surface area contributed by atoms with Gasteiger partial charge >= 0.3 is 18.3 Å². The van der Waals surface area contributed by atoms with Crippen LogP contribution >= 0.6 is 0 Å². The lowest BCUT2D eigenvalue weighted by atomic mass is 10.1. The Bertz CT molecular complexity index is 643. The zero-order valence-corrected chi connectivity index (χ0v) is 11.6. The minimum absolute atomic E-state index is 0.190. The number of halogens is 6. The predicted octanol–water partition coefficient (Wildman–Crippen LogP) is 2.94. The number of allylic oxidation sites excluding steroid dienone is 1. The number of alkyl halides is 6. The Kier molecular flexibility index (Phi) is 5.16. The van der Waals surface area contributed by atoms with E-state index in [4.69, 9.17) is 0 Å². The van der Waals surface area contributed by atoms with Gasteiger partial charge in [0.15, 0.2) is 9.84 Å². The highest BCUT2D eigenvalue weighted by molar-refractivity contribution is 7.93. The molecule has 0 aliphatic heterocycles. The minimum Gasteiger partial charge on any atom is -0.396 e. The second-order valence-electron chi connectivity index (χ2n) is 4.36. The molecular formula is C12H11F6NO2S. The van der Waals surface area contributed by atoms with Gasteiger partial charge in [-0.2, -0.15) is 17.6 Å². The van der Waals surface area contributed by atoms with Crippen LogP contribution in [0.25, 0.3) is 0 Å². The van der Waals surface area contributed by atoms with Crippen LogP contribution in [0, 0.1) is 0 Å². The van der Waals surface area contributed by atoms with E-state index in [1.165, 1.54) is 24.3 Å². The molecule has 0 spiro atoms. The Morgan fingerprint density at radius 2 is 1.64 bits per heavy atom. The normalized spacial score (nSPS) is 14.4. The smallest absolute Gasteiger partial charge is 0.375 e. The fourth-order valence-corrected chi connectivity index (χ4v) is 2.72. The van der Waals surface area contributed by atoms with Crippen molar-refractivity contribution in [2.75, 3.05) is 0 Å². The van der Waals surface area contributed by atoms with Crippen molar-refractivity contribution >= 4 is 9.84 Å². The largest absolute Gasteiger partial charge is 0.396 e. The molecule has 3 nitrogen and oxygen atoms in total. The van der Waals surface area contributed by atoms with Gasteiger partial charge < -0.3 is 5.73 Å². The van der Waals surface area contributed by atoms with Gasteiger partial charge in [-0.25, -0.2) is 17.2 Å². The molecule has 1 aromatic carbocycles. The summed E-state index contributed by atoms with van der Waals surface area (Å²) in [4.78, 5) is 0. The third-order valence-corrected chi connectivity index (χ3v) is 3.92. The molecule has 22 heavy (non-hydrogen) atoms. The summed E-state index contributed by atoms with van der Waals surface area (Å²) < 4.78 is 99.2. The van der Waals surface area contributed by atoms with Crippen LogP contribution in [-0.4, -0.2) is 26.7 Å². The molecule has 0 radical (unpaired) electrons. The first-order valence-corrected chi connectivity index (χ1v) is 7.40. The molecule has 0 aliphatic carbocycles. The van der Waals surface area contributed by atoms with Crippen molar-refractivity contribution in [2.24, 2.45) is 5.73 Å². The van der Waals surface area contributed by atoms with Gasteiger partial charge in [0, 0.05) is 0 Å². The Balaban J connectivity index is 3.10. The number of benzene rings is 1. The summed E-state index contributed by atoms with van der Waals surface area (Å²) in [6.07, 6.45) is -4.70. The first-order chi connectivity index (χ1) is 9.90. The highest BCUT2D eigenvalue weighted by Crippen LogP contribution is 2.42. The lowest BCUT2D eigenvalue weighted by Crippen LogP contribution is -2.49. The molecule has 2 N–H and O–H groups in total. The van der Waals surface area contributed by atoms with E-state index in [1.54, 1.807) is 6.07 Å². The van der Waals surface area contributed by atoms with E-state index >= 15 is 0 Å². The van der Waals surface area contributed by atoms with Crippen molar-refractivity contribution in [2.45, 2.75) is 24.0 Å². The molecule has 0 fully saturated rings. The summed E-state index contributed by atoms with van der Waals surface area (Å²) in [6, 6.07) is 7.22. The van der Waals surface area contributed by atoms with Gasteiger partial charge in [0.05, 0.1) is 16.9 Å². The lowest BCUT2D eigenvalue weighted by Gasteiger charge is -2.25. The Labute approximate surface area is 122 Å². The lowest BCUT2D eigenvalue weighted by molar-refractivity contribution is -0.246. The Hall–Kier alpha value is -1.71. The molecule has 0 heterocycles. The number of rotatable bonds is 6. The van der Waals surface area contributed by atoms with Crippen LogP contribution in [0.2, 0.25) is 0 Å². The SMILES string of the molecule is N/C(=C\S(=O)(=O)Cc1ccccc1)C(F)(F)C(F)(F)C(F)F. The highest BCUT2D eigenvalue weighted by Gasteiger charge is 2.64. The second-order valence-corrected chi connectivity index (χ2v) is 6.21. The average molecular weight is 347 g/mol. The summed E-state index contributed by atoms with van der Waals surface area (Å²) in [5.74, 6) is -12.1. The molecule has 0 saturated heterocycles. The molecule has 1 rings (SSSR count). The summed E-state index contributed by atoms with van der Waals surface area (Å²) in [5, 5.41) is -0.309. The van der Waals surface area contributed by atoms with Gasteiger partial charge in [-0.1, -0.05) is 30.3 Å². The number of hydrogen-bond donors (Lipinski definition) is 1. The predicted molar refractivity (Wildman–Crippen MR) is 67.2 cm³/mol. The van der Waals surface area contributed by atoms with Crippen molar-refractivity contribution < 1.29 is 34.8 Å².